The number of ether oxygens (including phenoxy) is 1. The zero-order chi connectivity index (χ0) is 10.7. The van der Waals surface area contributed by atoms with Crippen LogP contribution in [-0.2, 0) is 4.79 Å². The minimum absolute atomic E-state index is 0.0619. The van der Waals surface area contributed by atoms with E-state index in [1.165, 1.54) is 0 Å². The molecule has 76 valence electrons. The van der Waals surface area contributed by atoms with Gasteiger partial charge in [0.15, 0.2) is 0 Å². The first kappa shape index (κ1) is 10.9. The van der Waals surface area contributed by atoms with Crippen LogP contribution < -0.4 is 4.74 Å². The molecule has 1 N–H and O–H groups in total. The third-order valence-electron chi connectivity index (χ3n) is 1.32. The number of carboxylic acids is 1. The van der Waals surface area contributed by atoms with Crippen LogP contribution in [0, 0.1) is 5.82 Å². The third kappa shape index (κ3) is 2.66. The molecule has 0 radical (unpaired) electrons. The summed E-state index contributed by atoms with van der Waals surface area (Å²) >= 11 is 2.85. The second-order valence-electron chi connectivity index (χ2n) is 2.35. The SMILES string of the molecule is O=C(O)C(F)Oc1ccc(F)c(Br)c1. The maximum atomic E-state index is 12.7. The lowest BCUT2D eigenvalue weighted by atomic mass is 10.3. The van der Waals surface area contributed by atoms with Crippen LogP contribution in [0.25, 0.3) is 0 Å². The highest BCUT2D eigenvalue weighted by Crippen LogP contribution is 2.22. The molecule has 0 fully saturated rings. The van der Waals surface area contributed by atoms with E-state index < -0.39 is 18.1 Å². The highest BCUT2D eigenvalue weighted by atomic mass is 79.9. The molecule has 1 atom stereocenters. The van der Waals surface area contributed by atoms with Crippen LogP contribution in [-0.4, -0.2) is 17.4 Å². The van der Waals surface area contributed by atoms with Crippen molar-refractivity contribution in [2.45, 2.75) is 6.36 Å². The van der Waals surface area contributed by atoms with Crippen molar-refractivity contribution in [2.24, 2.45) is 0 Å². The van der Waals surface area contributed by atoms with Gasteiger partial charge in [-0.05, 0) is 34.1 Å². The first-order valence-electron chi connectivity index (χ1n) is 3.49. The number of benzene rings is 1. The van der Waals surface area contributed by atoms with Gasteiger partial charge in [0.1, 0.15) is 11.6 Å². The summed E-state index contributed by atoms with van der Waals surface area (Å²) in [7, 11) is 0. The zero-order valence-corrected chi connectivity index (χ0v) is 8.29. The normalized spacial score (nSPS) is 12.2. The van der Waals surface area contributed by atoms with Crippen molar-refractivity contribution in [1.82, 2.24) is 0 Å². The molecule has 0 bridgehead atoms. The van der Waals surface area contributed by atoms with Crippen LogP contribution >= 0.6 is 15.9 Å². The topological polar surface area (TPSA) is 46.5 Å². The number of carboxylic acid groups (broad SMARTS) is 1. The van der Waals surface area contributed by atoms with Crippen molar-refractivity contribution in [3.05, 3.63) is 28.5 Å². The zero-order valence-electron chi connectivity index (χ0n) is 6.71. The molecule has 0 saturated heterocycles. The highest BCUT2D eigenvalue weighted by Gasteiger charge is 2.17. The summed E-state index contributed by atoms with van der Waals surface area (Å²) in [6.45, 7) is 0. The van der Waals surface area contributed by atoms with Gasteiger partial charge in [0, 0.05) is 0 Å². The lowest BCUT2D eigenvalue weighted by Crippen LogP contribution is -2.21. The van der Waals surface area contributed by atoms with Gasteiger partial charge in [0.2, 0.25) is 0 Å². The van der Waals surface area contributed by atoms with Crippen molar-refractivity contribution in [1.29, 1.82) is 0 Å². The number of carbonyl (C=O) groups is 1. The maximum Gasteiger partial charge on any atom is 0.378 e. The highest BCUT2D eigenvalue weighted by molar-refractivity contribution is 9.10. The minimum Gasteiger partial charge on any atom is -0.476 e. The largest absolute Gasteiger partial charge is 0.476 e. The van der Waals surface area contributed by atoms with Crippen LogP contribution in [0.4, 0.5) is 8.78 Å². The summed E-state index contributed by atoms with van der Waals surface area (Å²) in [4.78, 5) is 10.1. The van der Waals surface area contributed by atoms with Crippen LogP contribution in [0.15, 0.2) is 22.7 Å². The number of rotatable bonds is 3. The molecule has 0 aliphatic carbocycles. The van der Waals surface area contributed by atoms with Crippen LogP contribution in [0.5, 0.6) is 5.75 Å². The molecule has 3 nitrogen and oxygen atoms in total. The number of aliphatic carboxylic acids is 1. The second kappa shape index (κ2) is 4.36. The molecule has 0 heterocycles. The summed E-state index contributed by atoms with van der Waals surface area (Å²) < 4.78 is 29.6. The van der Waals surface area contributed by atoms with Gasteiger partial charge in [-0.15, -0.1) is 0 Å². The Labute approximate surface area is 86.4 Å². The Morgan fingerprint density at radius 3 is 2.71 bits per heavy atom. The number of hydrogen-bond donors (Lipinski definition) is 1. The predicted molar refractivity (Wildman–Crippen MR) is 47.3 cm³/mol. The molecule has 14 heavy (non-hydrogen) atoms. The smallest absolute Gasteiger partial charge is 0.378 e. The van der Waals surface area contributed by atoms with Crippen molar-refractivity contribution >= 4 is 21.9 Å². The summed E-state index contributed by atoms with van der Waals surface area (Å²) in [5, 5.41) is 8.18. The molecular formula is C8H5BrF2O3. The Balaban J connectivity index is 2.78. The Morgan fingerprint density at radius 2 is 2.21 bits per heavy atom. The molecule has 1 unspecified atom stereocenters. The number of alkyl halides is 1. The summed E-state index contributed by atoms with van der Waals surface area (Å²) in [6, 6.07) is 3.31. The van der Waals surface area contributed by atoms with Gasteiger partial charge in [-0.25, -0.2) is 9.18 Å². The Hall–Kier alpha value is -1.17. The van der Waals surface area contributed by atoms with Gasteiger partial charge < -0.3 is 9.84 Å². The van der Waals surface area contributed by atoms with Crippen LogP contribution in [0.2, 0.25) is 0 Å². The lowest BCUT2D eigenvalue weighted by molar-refractivity contribution is -0.153. The molecule has 6 heteroatoms. The van der Waals surface area contributed by atoms with E-state index in [0.29, 0.717) is 0 Å². The van der Waals surface area contributed by atoms with Crippen molar-refractivity contribution in [2.75, 3.05) is 0 Å². The van der Waals surface area contributed by atoms with Crippen LogP contribution in [0.3, 0.4) is 0 Å². The average molecular weight is 267 g/mol. The Kier molecular flexibility index (Phi) is 3.40. The fraction of sp³-hybridized carbons (Fsp3) is 0.125. The van der Waals surface area contributed by atoms with E-state index in [9.17, 15) is 13.6 Å². The van der Waals surface area contributed by atoms with E-state index in [1.54, 1.807) is 0 Å². The van der Waals surface area contributed by atoms with Crippen molar-refractivity contribution < 1.29 is 23.4 Å². The standard InChI is InChI=1S/C8H5BrF2O3/c9-5-3-4(1-2-6(5)10)14-7(11)8(12)13/h1-3,7H,(H,12,13). The fourth-order valence-electron chi connectivity index (χ4n) is 0.720. The summed E-state index contributed by atoms with van der Waals surface area (Å²) in [6.07, 6.45) is -2.45. The third-order valence-corrected chi connectivity index (χ3v) is 1.93. The van der Waals surface area contributed by atoms with Gasteiger partial charge in [0.25, 0.3) is 0 Å². The quantitative estimate of drug-likeness (QED) is 0.914. The molecule has 0 aliphatic heterocycles. The van der Waals surface area contributed by atoms with Gasteiger partial charge in [-0.3, -0.25) is 0 Å². The van der Waals surface area contributed by atoms with E-state index in [4.69, 9.17) is 5.11 Å². The van der Waals surface area contributed by atoms with E-state index in [-0.39, 0.29) is 10.2 Å². The molecule has 0 aromatic heterocycles. The fourth-order valence-corrected chi connectivity index (χ4v) is 1.08. The molecule has 0 spiro atoms. The lowest BCUT2D eigenvalue weighted by Gasteiger charge is -2.07. The molecular weight excluding hydrogens is 262 g/mol. The number of hydrogen-bond acceptors (Lipinski definition) is 2. The molecule has 0 aliphatic rings. The van der Waals surface area contributed by atoms with Gasteiger partial charge in [0.05, 0.1) is 4.47 Å². The van der Waals surface area contributed by atoms with E-state index in [1.807, 2.05) is 0 Å². The number of halogens is 3. The van der Waals surface area contributed by atoms with E-state index in [0.717, 1.165) is 18.2 Å². The van der Waals surface area contributed by atoms with Gasteiger partial charge in [-0.2, -0.15) is 4.39 Å². The minimum atomic E-state index is -2.45. The average Bonchev–Trinajstić information content (AvgIpc) is 2.11. The molecule has 0 saturated carbocycles. The second-order valence-corrected chi connectivity index (χ2v) is 3.20. The first-order valence-corrected chi connectivity index (χ1v) is 4.28. The Morgan fingerprint density at radius 1 is 1.57 bits per heavy atom. The van der Waals surface area contributed by atoms with Gasteiger partial charge in [-0.1, -0.05) is 0 Å². The summed E-state index contributed by atoms with van der Waals surface area (Å²) in [5.41, 5.74) is 0. The van der Waals surface area contributed by atoms with Crippen molar-refractivity contribution in [3.8, 4) is 5.75 Å². The van der Waals surface area contributed by atoms with E-state index >= 15 is 0 Å². The predicted octanol–water partition coefficient (Wildman–Crippen LogP) is 2.35. The first-order chi connectivity index (χ1) is 6.50. The maximum absolute atomic E-state index is 12.7. The molecule has 0 amide bonds. The summed E-state index contributed by atoms with van der Waals surface area (Å²) in [5.74, 6) is -2.33. The Bertz CT molecular complexity index is 356. The van der Waals surface area contributed by atoms with Crippen molar-refractivity contribution in [3.63, 3.8) is 0 Å². The van der Waals surface area contributed by atoms with Crippen LogP contribution in [0.1, 0.15) is 0 Å². The molecule has 1 aromatic rings. The van der Waals surface area contributed by atoms with E-state index in [2.05, 4.69) is 20.7 Å². The van der Waals surface area contributed by atoms with Gasteiger partial charge >= 0.3 is 12.3 Å². The molecule has 1 rings (SSSR count). The monoisotopic (exact) mass is 266 g/mol. The molecule has 1 aromatic carbocycles.